The van der Waals surface area contributed by atoms with Crippen LogP contribution in [-0.2, 0) is 0 Å². The first-order chi connectivity index (χ1) is 28.8. The second-order valence-corrected chi connectivity index (χ2v) is 15.1. The quantitative estimate of drug-likeness (QED) is 0.149. The van der Waals surface area contributed by atoms with E-state index in [1.54, 1.807) is 0 Å². The highest BCUT2D eigenvalue weighted by Gasteiger charge is 2.20. The average Bonchev–Trinajstić information content (AvgIpc) is 3.30. The topological polar surface area (TPSA) is 0 Å². The zero-order chi connectivity index (χ0) is 38.4. The van der Waals surface area contributed by atoms with E-state index in [-0.39, 0.29) is 0 Å². The Morgan fingerprint density at radius 2 is 0.603 bits per heavy atom. The molecule has 0 heteroatoms. The number of benzene rings is 11. The Kier molecular flexibility index (Phi) is 8.26. The summed E-state index contributed by atoms with van der Waals surface area (Å²) in [7, 11) is 0. The first-order valence-electron chi connectivity index (χ1n) is 20.1. The fraction of sp³-hybridized carbons (Fsp3) is 0. The lowest BCUT2D eigenvalue weighted by atomic mass is 9.83. The van der Waals surface area contributed by atoms with Gasteiger partial charge in [-0.2, -0.15) is 0 Å². The molecule has 0 spiro atoms. The van der Waals surface area contributed by atoms with Crippen LogP contribution in [0, 0.1) is 0 Å². The molecule has 11 aromatic rings. The smallest absolute Gasteiger partial charge is 0.00204 e. The zero-order valence-corrected chi connectivity index (χ0v) is 31.9. The molecule has 0 aliphatic carbocycles. The fourth-order valence-electron chi connectivity index (χ4n) is 9.23. The van der Waals surface area contributed by atoms with Gasteiger partial charge in [0.15, 0.2) is 0 Å². The Labute approximate surface area is 339 Å². The Morgan fingerprint density at radius 1 is 0.172 bits per heavy atom. The number of hydrogen-bond donors (Lipinski definition) is 0. The van der Waals surface area contributed by atoms with Crippen LogP contribution in [0.25, 0.3) is 110 Å². The normalized spacial score (nSPS) is 11.4. The van der Waals surface area contributed by atoms with E-state index in [4.69, 9.17) is 0 Å². The molecule has 0 radical (unpaired) electrons. The van der Waals surface area contributed by atoms with Gasteiger partial charge in [0.25, 0.3) is 0 Å². The van der Waals surface area contributed by atoms with Gasteiger partial charge < -0.3 is 0 Å². The highest BCUT2D eigenvalue weighted by atomic mass is 14.2. The van der Waals surface area contributed by atoms with Crippen LogP contribution in [0.4, 0.5) is 0 Å². The average molecular weight is 735 g/mol. The van der Waals surface area contributed by atoms with Gasteiger partial charge in [-0.05, 0) is 116 Å². The van der Waals surface area contributed by atoms with Gasteiger partial charge in [-0.3, -0.25) is 0 Å². The number of rotatable bonds is 6. The van der Waals surface area contributed by atoms with Gasteiger partial charge >= 0.3 is 0 Å². The number of hydrogen-bond acceptors (Lipinski definition) is 0. The third-order valence-electron chi connectivity index (χ3n) is 11.9. The summed E-state index contributed by atoms with van der Waals surface area (Å²) in [6, 6.07) is 84.6. The van der Waals surface area contributed by atoms with Crippen molar-refractivity contribution in [3.8, 4) is 66.8 Å². The van der Waals surface area contributed by atoms with Gasteiger partial charge in [0.05, 0.1) is 0 Å². The van der Waals surface area contributed by atoms with Crippen molar-refractivity contribution in [2.24, 2.45) is 0 Å². The highest BCUT2D eigenvalue weighted by Crippen LogP contribution is 2.48. The molecule has 0 bridgehead atoms. The molecule has 0 saturated heterocycles. The first kappa shape index (κ1) is 33.8. The van der Waals surface area contributed by atoms with Crippen molar-refractivity contribution in [3.05, 3.63) is 231 Å². The van der Waals surface area contributed by atoms with Gasteiger partial charge in [0.2, 0.25) is 0 Å². The van der Waals surface area contributed by atoms with E-state index in [0.717, 1.165) is 0 Å². The standard InChI is InChI=1S/C58H38/c1-3-16-39(17-4-1)40-30-32-42(33-31-40)47-37-36-43-34-35-45(38-55(43)58(47)50-24-10-9-23-49(50)48-29-15-21-41-18-7-8-22-46(41)48)57-53-27-13-11-25-51(53)56(44-19-5-2-6-20-44)52-26-12-14-28-54(52)57/h1-38H. The van der Waals surface area contributed by atoms with Gasteiger partial charge in [-0.1, -0.05) is 224 Å². The minimum atomic E-state index is 1.19. The van der Waals surface area contributed by atoms with Crippen molar-refractivity contribution in [2.45, 2.75) is 0 Å². The number of fused-ring (bicyclic) bond motifs is 4. The van der Waals surface area contributed by atoms with E-state index >= 15 is 0 Å². The maximum atomic E-state index is 2.46. The van der Waals surface area contributed by atoms with Crippen LogP contribution < -0.4 is 0 Å². The zero-order valence-electron chi connectivity index (χ0n) is 31.9. The highest BCUT2D eigenvalue weighted by molar-refractivity contribution is 6.22. The SMILES string of the molecule is c1ccc(-c2ccc(-c3ccc4ccc(-c5c6ccccc6c(-c6ccccc6)c6ccccc56)cc4c3-c3ccccc3-c3cccc4ccccc34)cc2)cc1. The lowest BCUT2D eigenvalue weighted by molar-refractivity contribution is 1.58. The fourth-order valence-corrected chi connectivity index (χ4v) is 9.23. The molecule has 0 amide bonds. The van der Waals surface area contributed by atoms with Crippen LogP contribution in [0.3, 0.4) is 0 Å². The largest absolute Gasteiger partial charge is 0.0622 e. The summed E-state index contributed by atoms with van der Waals surface area (Å²) >= 11 is 0. The molecule has 0 heterocycles. The Morgan fingerprint density at radius 3 is 1.28 bits per heavy atom. The summed E-state index contributed by atoms with van der Waals surface area (Å²) in [5, 5.41) is 9.97. The summed E-state index contributed by atoms with van der Waals surface area (Å²) in [6.45, 7) is 0. The van der Waals surface area contributed by atoms with E-state index in [1.165, 1.54) is 110 Å². The third-order valence-corrected chi connectivity index (χ3v) is 11.9. The molecule has 0 saturated carbocycles. The third kappa shape index (κ3) is 5.69. The Hall–Kier alpha value is -7.54. The molecule has 270 valence electrons. The molecular weight excluding hydrogens is 697 g/mol. The van der Waals surface area contributed by atoms with E-state index in [0.29, 0.717) is 0 Å². The van der Waals surface area contributed by atoms with Crippen LogP contribution in [0.5, 0.6) is 0 Å². The summed E-state index contributed by atoms with van der Waals surface area (Å²) in [5.41, 5.74) is 14.7. The van der Waals surface area contributed by atoms with E-state index < -0.39 is 0 Å². The van der Waals surface area contributed by atoms with Crippen LogP contribution in [0.15, 0.2) is 231 Å². The minimum Gasteiger partial charge on any atom is -0.0622 e. The van der Waals surface area contributed by atoms with Crippen LogP contribution in [0.1, 0.15) is 0 Å². The van der Waals surface area contributed by atoms with Gasteiger partial charge in [-0.25, -0.2) is 0 Å². The summed E-state index contributed by atoms with van der Waals surface area (Å²) < 4.78 is 0. The maximum Gasteiger partial charge on any atom is -0.00204 e. The second kappa shape index (κ2) is 14.2. The van der Waals surface area contributed by atoms with Gasteiger partial charge in [-0.15, -0.1) is 0 Å². The van der Waals surface area contributed by atoms with Crippen molar-refractivity contribution in [3.63, 3.8) is 0 Å². The van der Waals surface area contributed by atoms with E-state index in [1.807, 2.05) is 0 Å². The molecule has 0 aliphatic rings. The van der Waals surface area contributed by atoms with Crippen molar-refractivity contribution >= 4 is 43.1 Å². The molecule has 0 unspecified atom stereocenters. The Bertz CT molecular complexity index is 3240. The molecule has 11 aromatic carbocycles. The second-order valence-electron chi connectivity index (χ2n) is 15.1. The molecule has 0 aliphatic heterocycles. The molecular formula is C58H38. The van der Waals surface area contributed by atoms with Crippen molar-refractivity contribution in [1.82, 2.24) is 0 Å². The van der Waals surface area contributed by atoms with Crippen molar-refractivity contribution < 1.29 is 0 Å². The molecule has 0 N–H and O–H groups in total. The van der Waals surface area contributed by atoms with Gasteiger partial charge in [0, 0.05) is 0 Å². The molecule has 0 nitrogen and oxygen atoms in total. The Balaban J connectivity index is 1.21. The lowest BCUT2D eigenvalue weighted by Gasteiger charge is -2.21. The van der Waals surface area contributed by atoms with Crippen molar-refractivity contribution in [1.29, 1.82) is 0 Å². The monoisotopic (exact) mass is 734 g/mol. The van der Waals surface area contributed by atoms with Gasteiger partial charge in [0.1, 0.15) is 0 Å². The lowest BCUT2D eigenvalue weighted by Crippen LogP contribution is -1.94. The predicted molar refractivity (Wildman–Crippen MR) is 249 cm³/mol. The predicted octanol–water partition coefficient (Wildman–Crippen LogP) is 16.3. The van der Waals surface area contributed by atoms with E-state index in [9.17, 15) is 0 Å². The summed E-state index contributed by atoms with van der Waals surface area (Å²) in [5.74, 6) is 0. The molecule has 58 heavy (non-hydrogen) atoms. The molecule has 11 rings (SSSR count). The van der Waals surface area contributed by atoms with Crippen molar-refractivity contribution in [2.75, 3.05) is 0 Å². The summed E-state index contributed by atoms with van der Waals surface area (Å²) in [4.78, 5) is 0. The molecule has 0 fully saturated rings. The first-order valence-corrected chi connectivity index (χ1v) is 20.1. The van der Waals surface area contributed by atoms with E-state index in [2.05, 4.69) is 231 Å². The maximum absolute atomic E-state index is 2.46. The summed E-state index contributed by atoms with van der Waals surface area (Å²) in [6.07, 6.45) is 0. The van der Waals surface area contributed by atoms with Crippen LogP contribution in [-0.4, -0.2) is 0 Å². The molecule has 0 atom stereocenters. The molecule has 0 aromatic heterocycles. The van der Waals surface area contributed by atoms with Crippen LogP contribution >= 0.6 is 0 Å². The van der Waals surface area contributed by atoms with Crippen LogP contribution in [0.2, 0.25) is 0 Å². The minimum absolute atomic E-state index is 1.19.